The molecule has 2 rings (SSSR count). The molecule has 0 amide bonds. The van der Waals surface area contributed by atoms with Crippen LogP contribution >= 0.6 is 0 Å². The van der Waals surface area contributed by atoms with E-state index in [9.17, 15) is 10.1 Å². The molecule has 1 fully saturated rings. The number of morpholine rings is 1. The molecule has 0 aromatic heterocycles. The maximum Gasteiger partial charge on any atom is 0.292 e. The molecule has 7 heteroatoms. The van der Waals surface area contributed by atoms with Crippen LogP contribution in [-0.4, -0.2) is 30.7 Å². The van der Waals surface area contributed by atoms with E-state index >= 15 is 0 Å². The summed E-state index contributed by atoms with van der Waals surface area (Å²) in [6, 6.07) is 6.61. The number of nitrogen functional groups attached to an aromatic ring is 1. The van der Waals surface area contributed by atoms with Crippen molar-refractivity contribution in [3.63, 3.8) is 0 Å². The number of benzene rings is 1. The second-order valence-corrected chi connectivity index (χ2v) is 3.93. The summed E-state index contributed by atoms with van der Waals surface area (Å²) in [6.45, 7) is 1.53. The molecule has 0 bridgehead atoms. The molecule has 1 aliphatic heterocycles. The van der Waals surface area contributed by atoms with E-state index in [1.54, 1.807) is 12.1 Å². The third-order valence-corrected chi connectivity index (χ3v) is 2.78. The van der Waals surface area contributed by atoms with Gasteiger partial charge in [-0.15, -0.1) is 0 Å². The van der Waals surface area contributed by atoms with Crippen LogP contribution in [0.3, 0.4) is 0 Å². The summed E-state index contributed by atoms with van der Waals surface area (Å²) in [7, 11) is 0. The van der Waals surface area contributed by atoms with Gasteiger partial charge in [-0.05, 0) is 12.1 Å². The molecule has 1 aromatic carbocycles. The lowest BCUT2D eigenvalue weighted by Gasteiger charge is -2.31. The standard InChI is InChI=1S/C11H12N4O3/c12-6-9-7-14(3-4-18-9)8-1-2-11(15(16)17)10(13)5-8/h1-2,5,9H,3-4,7,13H2. The van der Waals surface area contributed by atoms with Crippen LogP contribution in [-0.2, 0) is 4.74 Å². The number of nitro benzene ring substituents is 1. The molecule has 1 saturated heterocycles. The molecular weight excluding hydrogens is 236 g/mol. The molecule has 0 saturated carbocycles. The Morgan fingerprint density at radius 2 is 2.39 bits per heavy atom. The zero-order valence-corrected chi connectivity index (χ0v) is 9.57. The van der Waals surface area contributed by atoms with Gasteiger partial charge in [0.1, 0.15) is 5.69 Å². The van der Waals surface area contributed by atoms with Gasteiger partial charge in [-0.1, -0.05) is 0 Å². The molecule has 0 aliphatic carbocycles. The molecule has 1 aromatic rings. The van der Waals surface area contributed by atoms with Crippen LogP contribution in [0.15, 0.2) is 18.2 Å². The number of hydrogen-bond donors (Lipinski definition) is 1. The molecule has 0 spiro atoms. The lowest BCUT2D eigenvalue weighted by atomic mass is 10.2. The van der Waals surface area contributed by atoms with E-state index in [2.05, 4.69) is 0 Å². The Morgan fingerprint density at radius 1 is 1.61 bits per heavy atom. The molecule has 1 atom stereocenters. The fourth-order valence-electron chi connectivity index (χ4n) is 1.87. The van der Waals surface area contributed by atoms with Gasteiger partial charge in [0.15, 0.2) is 6.10 Å². The van der Waals surface area contributed by atoms with Gasteiger partial charge in [-0.3, -0.25) is 10.1 Å². The molecule has 1 unspecified atom stereocenters. The highest BCUT2D eigenvalue weighted by Crippen LogP contribution is 2.27. The largest absolute Gasteiger partial charge is 0.393 e. The van der Waals surface area contributed by atoms with Gasteiger partial charge in [0, 0.05) is 18.3 Å². The van der Waals surface area contributed by atoms with Crippen LogP contribution in [0.5, 0.6) is 0 Å². The molecule has 94 valence electrons. The van der Waals surface area contributed by atoms with Crippen molar-refractivity contribution in [3.05, 3.63) is 28.3 Å². The van der Waals surface area contributed by atoms with E-state index in [-0.39, 0.29) is 11.4 Å². The van der Waals surface area contributed by atoms with E-state index in [0.717, 1.165) is 5.69 Å². The van der Waals surface area contributed by atoms with Crippen molar-refractivity contribution in [2.45, 2.75) is 6.10 Å². The van der Waals surface area contributed by atoms with Crippen molar-refractivity contribution in [1.82, 2.24) is 0 Å². The minimum atomic E-state index is -0.517. The lowest BCUT2D eigenvalue weighted by molar-refractivity contribution is -0.383. The van der Waals surface area contributed by atoms with Crippen molar-refractivity contribution in [2.75, 3.05) is 30.3 Å². The molecule has 1 aliphatic rings. The Labute approximate surface area is 104 Å². The summed E-state index contributed by atoms with van der Waals surface area (Å²) >= 11 is 0. The summed E-state index contributed by atoms with van der Waals surface area (Å²) in [4.78, 5) is 12.1. The Hall–Kier alpha value is -2.33. The predicted molar refractivity (Wildman–Crippen MR) is 65.1 cm³/mol. The Kier molecular flexibility index (Phi) is 3.30. The molecular formula is C11H12N4O3. The maximum atomic E-state index is 10.7. The minimum Gasteiger partial charge on any atom is -0.393 e. The topological polar surface area (TPSA) is 105 Å². The van der Waals surface area contributed by atoms with E-state index in [4.69, 9.17) is 15.7 Å². The van der Waals surface area contributed by atoms with E-state index in [1.807, 2.05) is 11.0 Å². The number of nitro groups is 1. The van der Waals surface area contributed by atoms with Crippen LogP contribution in [0, 0.1) is 21.4 Å². The summed E-state index contributed by atoms with van der Waals surface area (Å²) in [5.74, 6) is 0. The van der Waals surface area contributed by atoms with Crippen LogP contribution in [0.25, 0.3) is 0 Å². The van der Waals surface area contributed by atoms with Crippen molar-refractivity contribution < 1.29 is 9.66 Å². The second kappa shape index (κ2) is 4.89. The fourth-order valence-corrected chi connectivity index (χ4v) is 1.87. The van der Waals surface area contributed by atoms with Crippen LogP contribution in [0.1, 0.15) is 0 Å². The van der Waals surface area contributed by atoms with Gasteiger partial charge >= 0.3 is 0 Å². The predicted octanol–water partition coefficient (Wildman–Crippen LogP) is 0.906. The number of nitrogens with zero attached hydrogens (tertiary/aromatic N) is 3. The van der Waals surface area contributed by atoms with Gasteiger partial charge < -0.3 is 15.4 Å². The Morgan fingerprint density at radius 3 is 3.00 bits per heavy atom. The van der Waals surface area contributed by atoms with Gasteiger partial charge in [-0.2, -0.15) is 5.26 Å². The number of ether oxygens (including phenoxy) is 1. The highest BCUT2D eigenvalue weighted by Gasteiger charge is 2.21. The molecule has 2 N–H and O–H groups in total. The third-order valence-electron chi connectivity index (χ3n) is 2.78. The number of anilines is 2. The van der Waals surface area contributed by atoms with Crippen molar-refractivity contribution >= 4 is 17.1 Å². The first-order chi connectivity index (χ1) is 8.61. The number of hydrogen-bond acceptors (Lipinski definition) is 6. The number of nitrogens with two attached hydrogens (primary N) is 1. The van der Waals surface area contributed by atoms with Crippen molar-refractivity contribution in [2.24, 2.45) is 0 Å². The second-order valence-electron chi connectivity index (χ2n) is 3.93. The molecule has 7 nitrogen and oxygen atoms in total. The van der Waals surface area contributed by atoms with Crippen LogP contribution in [0.2, 0.25) is 0 Å². The van der Waals surface area contributed by atoms with Crippen molar-refractivity contribution in [1.29, 1.82) is 5.26 Å². The summed E-state index contributed by atoms with van der Waals surface area (Å²) in [6.07, 6.45) is -0.477. The summed E-state index contributed by atoms with van der Waals surface area (Å²) < 4.78 is 5.23. The van der Waals surface area contributed by atoms with Gasteiger partial charge in [0.25, 0.3) is 5.69 Å². The maximum absolute atomic E-state index is 10.7. The van der Waals surface area contributed by atoms with Crippen LogP contribution < -0.4 is 10.6 Å². The zero-order valence-electron chi connectivity index (χ0n) is 9.57. The summed E-state index contributed by atoms with van der Waals surface area (Å²) in [5.41, 5.74) is 6.41. The number of rotatable bonds is 2. The fraction of sp³-hybridized carbons (Fsp3) is 0.364. The first-order valence-corrected chi connectivity index (χ1v) is 5.42. The van der Waals surface area contributed by atoms with Gasteiger partial charge in [0.05, 0.1) is 24.1 Å². The van der Waals surface area contributed by atoms with E-state index < -0.39 is 11.0 Å². The zero-order chi connectivity index (χ0) is 13.1. The first-order valence-electron chi connectivity index (χ1n) is 5.42. The van der Waals surface area contributed by atoms with E-state index in [0.29, 0.717) is 19.7 Å². The SMILES string of the molecule is N#CC1CN(c2ccc([N+](=O)[O-])c(N)c2)CCO1. The van der Waals surface area contributed by atoms with Crippen LogP contribution in [0.4, 0.5) is 17.1 Å². The smallest absolute Gasteiger partial charge is 0.292 e. The highest BCUT2D eigenvalue weighted by atomic mass is 16.6. The van der Waals surface area contributed by atoms with Gasteiger partial charge in [0.2, 0.25) is 0 Å². The molecule has 1 heterocycles. The average molecular weight is 248 g/mol. The average Bonchev–Trinajstić information content (AvgIpc) is 2.38. The Balaban J connectivity index is 2.21. The lowest BCUT2D eigenvalue weighted by Crippen LogP contribution is -2.41. The third kappa shape index (κ3) is 2.33. The molecule has 18 heavy (non-hydrogen) atoms. The Bertz CT molecular complexity index is 512. The normalized spacial score (nSPS) is 19.3. The first kappa shape index (κ1) is 12.1. The van der Waals surface area contributed by atoms with Gasteiger partial charge in [-0.25, -0.2) is 0 Å². The molecule has 0 radical (unpaired) electrons. The highest BCUT2D eigenvalue weighted by molar-refractivity contribution is 5.66. The monoisotopic (exact) mass is 248 g/mol. The number of nitriles is 1. The summed E-state index contributed by atoms with van der Waals surface area (Å²) in [5, 5.41) is 19.5. The van der Waals surface area contributed by atoms with Crippen molar-refractivity contribution in [3.8, 4) is 6.07 Å². The quantitative estimate of drug-likeness (QED) is 0.473. The minimum absolute atomic E-state index is 0.108. The van der Waals surface area contributed by atoms with E-state index in [1.165, 1.54) is 6.07 Å².